The average molecular weight is 779 g/mol. The molecule has 0 unspecified atom stereocenters. The third-order valence-electron chi connectivity index (χ3n) is 12.2. The van der Waals surface area contributed by atoms with Gasteiger partial charge in [0, 0.05) is 50.1 Å². The summed E-state index contributed by atoms with van der Waals surface area (Å²) in [7, 11) is 0. The molecule has 12 rings (SSSR count). The second-order valence-corrected chi connectivity index (χ2v) is 15.7. The van der Waals surface area contributed by atoms with Crippen LogP contribution in [0.2, 0.25) is 0 Å². The van der Waals surface area contributed by atoms with Crippen molar-refractivity contribution in [1.82, 2.24) is 9.13 Å². The lowest BCUT2D eigenvalue weighted by Gasteiger charge is -2.16. The summed E-state index contributed by atoms with van der Waals surface area (Å²) < 4.78 is 11.4. The van der Waals surface area contributed by atoms with Gasteiger partial charge in [-0.1, -0.05) is 182 Å². The molecule has 0 fully saturated rings. The largest absolute Gasteiger partial charge is 0.456 e. The molecular formula is C58H38N2O. The normalized spacial score (nSPS) is 11.6. The molecule has 61 heavy (non-hydrogen) atoms. The lowest BCUT2D eigenvalue weighted by atomic mass is 9.92. The number of rotatable bonds is 7. The lowest BCUT2D eigenvalue weighted by Crippen LogP contribution is -1.99. The van der Waals surface area contributed by atoms with Gasteiger partial charge in [-0.15, -0.1) is 0 Å². The van der Waals surface area contributed by atoms with E-state index >= 15 is 0 Å². The van der Waals surface area contributed by atoms with Crippen molar-refractivity contribution in [3.05, 3.63) is 231 Å². The van der Waals surface area contributed by atoms with E-state index in [9.17, 15) is 0 Å². The summed E-state index contributed by atoms with van der Waals surface area (Å²) in [5.41, 5.74) is 17.9. The molecule has 0 saturated carbocycles. The van der Waals surface area contributed by atoms with Crippen molar-refractivity contribution in [3.8, 4) is 67.3 Å². The van der Waals surface area contributed by atoms with Gasteiger partial charge in [0.1, 0.15) is 11.2 Å². The van der Waals surface area contributed by atoms with Crippen LogP contribution in [0.1, 0.15) is 0 Å². The van der Waals surface area contributed by atoms with Crippen molar-refractivity contribution in [1.29, 1.82) is 0 Å². The molecule has 3 heterocycles. The van der Waals surface area contributed by atoms with Gasteiger partial charge < -0.3 is 13.6 Å². The molecule has 12 aromatic rings. The molecule has 0 radical (unpaired) electrons. The van der Waals surface area contributed by atoms with Gasteiger partial charge in [0.25, 0.3) is 0 Å². The van der Waals surface area contributed by atoms with E-state index in [0.29, 0.717) is 0 Å². The molecule has 0 amide bonds. The molecule has 0 aliphatic rings. The van der Waals surface area contributed by atoms with E-state index in [1.165, 1.54) is 44.2 Å². The van der Waals surface area contributed by atoms with Gasteiger partial charge in [-0.3, -0.25) is 0 Å². The van der Waals surface area contributed by atoms with Gasteiger partial charge in [-0.2, -0.15) is 0 Å². The quantitative estimate of drug-likeness (QED) is 0.158. The Hall–Kier alpha value is -8.14. The SMILES string of the molecule is c1ccc(-c2ccc(-c3ccc(-c4c(-c5c(-c6ccccc6)n(-c6ccccc6)c6ccccc56)c5ccccc5n4-c4ccc5c(c4)oc4ccccc45)cc3)cc2)cc1. The Morgan fingerprint density at radius 1 is 0.262 bits per heavy atom. The first-order valence-electron chi connectivity index (χ1n) is 20.8. The molecule has 0 atom stereocenters. The zero-order valence-corrected chi connectivity index (χ0v) is 33.2. The number of benzene rings is 9. The zero-order chi connectivity index (χ0) is 40.3. The second-order valence-electron chi connectivity index (χ2n) is 15.7. The van der Waals surface area contributed by atoms with Crippen molar-refractivity contribution >= 4 is 43.7 Å². The van der Waals surface area contributed by atoms with Gasteiger partial charge in [0.05, 0.1) is 22.4 Å². The molecular weight excluding hydrogens is 741 g/mol. The topological polar surface area (TPSA) is 23.0 Å². The summed E-state index contributed by atoms with van der Waals surface area (Å²) in [6.45, 7) is 0. The number of fused-ring (bicyclic) bond motifs is 5. The molecule has 3 heteroatoms. The highest BCUT2D eigenvalue weighted by Gasteiger charge is 2.29. The predicted molar refractivity (Wildman–Crippen MR) is 255 cm³/mol. The highest BCUT2D eigenvalue weighted by Crippen LogP contribution is 2.51. The van der Waals surface area contributed by atoms with Crippen LogP contribution in [0.15, 0.2) is 235 Å². The van der Waals surface area contributed by atoms with Gasteiger partial charge in [0.2, 0.25) is 0 Å². The summed E-state index contributed by atoms with van der Waals surface area (Å²) in [6.07, 6.45) is 0. The first kappa shape index (κ1) is 34.9. The third-order valence-corrected chi connectivity index (χ3v) is 12.2. The molecule has 3 aromatic heterocycles. The van der Waals surface area contributed by atoms with Crippen molar-refractivity contribution in [2.24, 2.45) is 0 Å². The van der Waals surface area contributed by atoms with Crippen LogP contribution in [0.3, 0.4) is 0 Å². The molecule has 3 nitrogen and oxygen atoms in total. The summed E-state index contributed by atoms with van der Waals surface area (Å²) in [4.78, 5) is 0. The van der Waals surface area contributed by atoms with Crippen LogP contribution in [-0.2, 0) is 0 Å². The first-order chi connectivity index (χ1) is 30.3. The van der Waals surface area contributed by atoms with E-state index in [2.05, 4.69) is 228 Å². The Kier molecular flexibility index (Phi) is 8.17. The minimum absolute atomic E-state index is 0.865. The Morgan fingerprint density at radius 3 is 1.23 bits per heavy atom. The van der Waals surface area contributed by atoms with Crippen molar-refractivity contribution in [2.75, 3.05) is 0 Å². The fourth-order valence-corrected chi connectivity index (χ4v) is 9.40. The Bertz CT molecular complexity index is 3540. The molecule has 9 aromatic carbocycles. The number of furan rings is 1. The molecule has 0 N–H and O–H groups in total. The standard InChI is InChI=1S/C58H38N2O/c1-4-16-39(17-5-1)40-28-30-41(31-29-40)42-32-34-44(35-33-42)58-56(50-24-11-14-26-52(50)60(58)46-36-37-48-47-22-12-15-27-53(47)61-54(48)38-46)55-49-23-10-13-25-51(49)59(45-20-8-3-9-21-45)57(55)43-18-6-2-7-19-43/h1-38H. The fourth-order valence-electron chi connectivity index (χ4n) is 9.40. The number of nitrogens with zero attached hydrogens (tertiary/aromatic N) is 2. The molecule has 0 aliphatic heterocycles. The minimum atomic E-state index is 0.865. The number of para-hydroxylation sites is 4. The van der Waals surface area contributed by atoms with Crippen LogP contribution >= 0.6 is 0 Å². The van der Waals surface area contributed by atoms with Crippen molar-refractivity contribution < 1.29 is 4.42 Å². The van der Waals surface area contributed by atoms with Gasteiger partial charge in [0.15, 0.2) is 0 Å². The monoisotopic (exact) mass is 778 g/mol. The summed E-state index contributed by atoms with van der Waals surface area (Å²) in [6, 6.07) is 82.9. The van der Waals surface area contributed by atoms with E-state index in [4.69, 9.17) is 4.42 Å². The van der Waals surface area contributed by atoms with Crippen LogP contribution < -0.4 is 0 Å². The number of aromatic nitrogens is 2. The Labute approximate surface area is 353 Å². The number of hydrogen-bond donors (Lipinski definition) is 0. The van der Waals surface area contributed by atoms with Crippen LogP contribution in [0.25, 0.3) is 111 Å². The van der Waals surface area contributed by atoms with Crippen molar-refractivity contribution in [3.63, 3.8) is 0 Å². The maximum absolute atomic E-state index is 6.54. The second kappa shape index (κ2) is 14.3. The van der Waals surface area contributed by atoms with E-state index < -0.39 is 0 Å². The van der Waals surface area contributed by atoms with Crippen LogP contribution in [0.4, 0.5) is 0 Å². The molecule has 0 aliphatic carbocycles. The van der Waals surface area contributed by atoms with Gasteiger partial charge in [-0.05, 0) is 75.8 Å². The molecule has 0 saturated heterocycles. The summed E-state index contributed by atoms with van der Waals surface area (Å²) in [5.74, 6) is 0. The predicted octanol–water partition coefficient (Wildman–Crippen LogP) is 15.8. The lowest BCUT2D eigenvalue weighted by molar-refractivity contribution is 0.668. The zero-order valence-electron chi connectivity index (χ0n) is 33.2. The average Bonchev–Trinajstić information content (AvgIpc) is 4.00. The Balaban J connectivity index is 1.15. The van der Waals surface area contributed by atoms with Gasteiger partial charge >= 0.3 is 0 Å². The van der Waals surface area contributed by atoms with Gasteiger partial charge in [-0.25, -0.2) is 0 Å². The van der Waals surface area contributed by atoms with E-state index in [-0.39, 0.29) is 0 Å². The number of hydrogen-bond acceptors (Lipinski definition) is 1. The van der Waals surface area contributed by atoms with Crippen LogP contribution in [0, 0.1) is 0 Å². The molecule has 286 valence electrons. The van der Waals surface area contributed by atoms with E-state index in [0.717, 1.165) is 66.9 Å². The maximum atomic E-state index is 6.54. The van der Waals surface area contributed by atoms with E-state index in [1.807, 2.05) is 12.1 Å². The fraction of sp³-hybridized carbons (Fsp3) is 0. The Morgan fingerprint density at radius 2 is 0.656 bits per heavy atom. The first-order valence-corrected chi connectivity index (χ1v) is 20.8. The highest BCUT2D eigenvalue weighted by atomic mass is 16.3. The highest BCUT2D eigenvalue weighted by molar-refractivity contribution is 6.16. The minimum Gasteiger partial charge on any atom is -0.456 e. The summed E-state index contributed by atoms with van der Waals surface area (Å²) in [5, 5.41) is 4.60. The molecule has 0 bridgehead atoms. The summed E-state index contributed by atoms with van der Waals surface area (Å²) >= 11 is 0. The van der Waals surface area contributed by atoms with Crippen LogP contribution in [-0.4, -0.2) is 9.13 Å². The smallest absolute Gasteiger partial charge is 0.137 e. The van der Waals surface area contributed by atoms with Crippen molar-refractivity contribution in [2.45, 2.75) is 0 Å². The van der Waals surface area contributed by atoms with E-state index in [1.54, 1.807) is 0 Å². The third kappa shape index (κ3) is 5.74. The van der Waals surface area contributed by atoms with Crippen LogP contribution in [0.5, 0.6) is 0 Å². The maximum Gasteiger partial charge on any atom is 0.137 e. The molecule has 0 spiro atoms.